The highest BCUT2D eigenvalue weighted by atomic mass is 16.3. The molecular formula is C8H13NO. The normalized spacial score (nSPS) is 45.8. The van der Waals surface area contributed by atoms with Crippen LogP contribution in [0.3, 0.4) is 0 Å². The molecule has 0 aromatic rings. The van der Waals surface area contributed by atoms with Crippen molar-refractivity contribution in [3.63, 3.8) is 0 Å². The van der Waals surface area contributed by atoms with Gasteiger partial charge in [-0.15, -0.1) is 0 Å². The van der Waals surface area contributed by atoms with Crippen molar-refractivity contribution >= 4 is 0 Å². The lowest BCUT2D eigenvalue weighted by molar-refractivity contribution is -0.104. The third-order valence-corrected chi connectivity index (χ3v) is 2.12. The molecular weight excluding hydrogens is 126 g/mol. The van der Waals surface area contributed by atoms with Crippen molar-refractivity contribution in [1.29, 1.82) is 5.26 Å². The Kier molecular flexibility index (Phi) is 1.48. The summed E-state index contributed by atoms with van der Waals surface area (Å²) in [6.45, 7) is 3.88. The van der Waals surface area contributed by atoms with Crippen LogP contribution in [-0.2, 0) is 0 Å². The van der Waals surface area contributed by atoms with Crippen LogP contribution in [0.15, 0.2) is 0 Å². The van der Waals surface area contributed by atoms with Gasteiger partial charge in [-0.2, -0.15) is 5.26 Å². The van der Waals surface area contributed by atoms with Gasteiger partial charge in [0.25, 0.3) is 0 Å². The summed E-state index contributed by atoms with van der Waals surface area (Å²) in [7, 11) is 0. The maximum absolute atomic E-state index is 9.37. The number of nitriles is 1. The minimum absolute atomic E-state index is 0.0955. The first-order valence-corrected chi connectivity index (χ1v) is 3.57. The molecule has 1 fully saturated rings. The second kappa shape index (κ2) is 1.96. The van der Waals surface area contributed by atoms with Crippen LogP contribution in [0.2, 0.25) is 0 Å². The summed E-state index contributed by atoms with van der Waals surface area (Å²) >= 11 is 0. The molecule has 0 bridgehead atoms. The first-order valence-electron chi connectivity index (χ1n) is 3.57. The van der Waals surface area contributed by atoms with Crippen LogP contribution in [0, 0.1) is 16.7 Å². The highest BCUT2D eigenvalue weighted by Gasteiger charge is 2.47. The molecule has 1 saturated carbocycles. The molecule has 2 heteroatoms. The Labute approximate surface area is 61.5 Å². The maximum atomic E-state index is 9.37. The Hall–Kier alpha value is -0.550. The van der Waals surface area contributed by atoms with E-state index in [0.29, 0.717) is 6.42 Å². The monoisotopic (exact) mass is 139 g/mol. The summed E-state index contributed by atoms with van der Waals surface area (Å²) in [4.78, 5) is 0. The van der Waals surface area contributed by atoms with Crippen LogP contribution in [0.1, 0.15) is 33.1 Å². The Morgan fingerprint density at radius 1 is 1.50 bits per heavy atom. The standard InChI is InChI=1S/C8H13NO/c1-7(3-4-9)5-8(2,10)6-7/h10H,3,5-6H2,1-2H3/t7-,8+. The van der Waals surface area contributed by atoms with E-state index in [-0.39, 0.29) is 5.41 Å². The third-order valence-electron chi connectivity index (χ3n) is 2.12. The number of hydrogen-bond acceptors (Lipinski definition) is 2. The Morgan fingerprint density at radius 3 is 2.30 bits per heavy atom. The quantitative estimate of drug-likeness (QED) is 0.597. The molecule has 0 spiro atoms. The molecule has 10 heavy (non-hydrogen) atoms. The van der Waals surface area contributed by atoms with Crippen molar-refractivity contribution in [3.8, 4) is 6.07 Å². The minimum atomic E-state index is -0.494. The van der Waals surface area contributed by atoms with Crippen molar-refractivity contribution in [2.45, 2.75) is 38.7 Å². The van der Waals surface area contributed by atoms with Crippen LogP contribution in [0.5, 0.6) is 0 Å². The predicted molar refractivity (Wildman–Crippen MR) is 38.2 cm³/mol. The third kappa shape index (κ3) is 1.30. The Morgan fingerprint density at radius 2 is 2.00 bits per heavy atom. The van der Waals surface area contributed by atoms with E-state index in [4.69, 9.17) is 5.26 Å². The van der Waals surface area contributed by atoms with Crippen LogP contribution >= 0.6 is 0 Å². The van der Waals surface area contributed by atoms with Crippen molar-refractivity contribution in [2.24, 2.45) is 5.41 Å². The fraction of sp³-hybridized carbons (Fsp3) is 0.875. The average molecular weight is 139 g/mol. The van der Waals surface area contributed by atoms with Gasteiger partial charge in [0.05, 0.1) is 11.7 Å². The molecule has 1 aliphatic rings. The highest BCUT2D eigenvalue weighted by Crippen LogP contribution is 2.49. The number of aliphatic hydroxyl groups is 1. The second-order valence-corrected chi connectivity index (χ2v) is 4.00. The van der Waals surface area contributed by atoms with Gasteiger partial charge < -0.3 is 5.11 Å². The van der Waals surface area contributed by atoms with Crippen LogP contribution in [-0.4, -0.2) is 10.7 Å². The number of rotatable bonds is 1. The minimum Gasteiger partial charge on any atom is -0.390 e. The average Bonchev–Trinajstić information content (AvgIpc) is 1.58. The maximum Gasteiger partial charge on any atom is 0.0630 e. The van der Waals surface area contributed by atoms with E-state index in [0.717, 1.165) is 12.8 Å². The molecule has 0 saturated heterocycles. The summed E-state index contributed by atoms with van der Waals surface area (Å²) < 4.78 is 0. The molecule has 0 amide bonds. The van der Waals surface area contributed by atoms with Crippen LogP contribution in [0.4, 0.5) is 0 Å². The van der Waals surface area contributed by atoms with E-state index < -0.39 is 5.60 Å². The fourth-order valence-electron chi connectivity index (χ4n) is 2.10. The lowest BCUT2D eigenvalue weighted by atomic mass is 9.60. The molecule has 0 radical (unpaired) electrons. The van der Waals surface area contributed by atoms with Gasteiger partial charge in [-0.05, 0) is 25.2 Å². The predicted octanol–water partition coefficient (Wildman–Crippen LogP) is 1.45. The zero-order chi connectivity index (χ0) is 7.83. The summed E-state index contributed by atoms with van der Waals surface area (Å²) in [5, 5.41) is 17.8. The van der Waals surface area contributed by atoms with Crippen molar-refractivity contribution < 1.29 is 5.11 Å². The molecule has 2 nitrogen and oxygen atoms in total. The van der Waals surface area contributed by atoms with Crippen molar-refractivity contribution in [2.75, 3.05) is 0 Å². The number of hydrogen-bond donors (Lipinski definition) is 1. The van der Waals surface area contributed by atoms with Crippen LogP contribution < -0.4 is 0 Å². The largest absolute Gasteiger partial charge is 0.390 e. The van der Waals surface area contributed by atoms with Gasteiger partial charge in [0.1, 0.15) is 0 Å². The van der Waals surface area contributed by atoms with Gasteiger partial charge in [-0.3, -0.25) is 0 Å². The van der Waals surface area contributed by atoms with E-state index >= 15 is 0 Å². The summed E-state index contributed by atoms with van der Waals surface area (Å²) in [5.74, 6) is 0. The SMILES string of the molecule is C[C@]1(O)C[C@@](C)(CC#N)C1. The van der Waals surface area contributed by atoms with Crippen molar-refractivity contribution in [3.05, 3.63) is 0 Å². The first kappa shape index (κ1) is 7.56. The zero-order valence-corrected chi connectivity index (χ0v) is 6.52. The molecule has 0 heterocycles. The molecule has 1 rings (SSSR count). The molecule has 56 valence electrons. The van der Waals surface area contributed by atoms with Gasteiger partial charge in [0.2, 0.25) is 0 Å². The van der Waals surface area contributed by atoms with E-state index in [2.05, 4.69) is 6.07 Å². The molecule has 1 N–H and O–H groups in total. The van der Waals surface area contributed by atoms with Gasteiger partial charge in [0.15, 0.2) is 0 Å². The second-order valence-electron chi connectivity index (χ2n) is 4.00. The summed E-state index contributed by atoms with van der Waals surface area (Å²) in [6, 6.07) is 2.14. The fourth-order valence-corrected chi connectivity index (χ4v) is 2.10. The first-order chi connectivity index (χ1) is 4.47. The van der Waals surface area contributed by atoms with Gasteiger partial charge in [-0.25, -0.2) is 0 Å². The molecule has 0 aromatic carbocycles. The number of nitrogens with zero attached hydrogens (tertiary/aromatic N) is 1. The smallest absolute Gasteiger partial charge is 0.0630 e. The summed E-state index contributed by atoms with van der Waals surface area (Å²) in [6.07, 6.45) is 2.12. The van der Waals surface area contributed by atoms with Crippen molar-refractivity contribution in [1.82, 2.24) is 0 Å². The molecule has 0 atom stereocenters. The lowest BCUT2D eigenvalue weighted by Gasteiger charge is -2.48. The van der Waals surface area contributed by atoms with Gasteiger partial charge >= 0.3 is 0 Å². The van der Waals surface area contributed by atoms with Gasteiger partial charge in [-0.1, -0.05) is 6.92 Å². The molecule has 0 aromatic heterocycles. The topological polar surface area (TPSA) is 44.0 Å². The lowest BCUT2D eigenvalue weighted by Crippen LogP contribution is -2.47. The van der Waals surface area contributed by atoms with Gasteiger partial charge in [0, 0.05) is 6.42 Å². The summed E-state index contributed by atoms with van der Waals surface area (Å²) in [5.41, 5.74) is -0.399. The Balaban J connectivity index is 2.43. The van der Waals surface area contributed by atoms with E-state index in [9.17, 15) is 5.11 Å². The van der Waals surface area contributed by atoms with E-state index in [1.165, 1.54) is 0 Å². The van der Waals surface area contributed by atoms with E-state index in [1.54, 1.807) is 0 Å². The highest BCUT2D eigenvalue weighted by molar-refractivity contribution is 5.02. The Bertz CT molecular complexity index is 170. The molecule has 0 aliphatic heterocycles. The zero-order valence-electron chi connectivity index (χ0n) is 6.52. The molecule has 0 unspecified atom stereocenters. The molecule has 1 aliphatic carbocycles. The van der Waals surface area contributed by atoms with Crippen LogP contribution in [0.25, 0.3) is 0 Å². The van der Waals surface area contributed by atoms with E-state index in [1.807, 2.05) is 13.8 Å².